The van der Waals surface area contributed by atoms with Gasteiger partial charge in [-0.1, -0.05) is 18.5 Å². The number of halogens is 1. The predicted molar refractivity (Wildman–Crippen MR) is 83.7 cm³/mol. The topological polar surface area (TPSA) is 57.6 Å². The van der Waals surface area contributed by atoms with E-state index in [-0.39, 0.29) is 11.8 Å². The number of likely N-dealkylation sites (tertiary alicyclic amines) is 1. The lowest BCUT2D eigenvalue weighted by atomic mass is 9.99. The number of hydrogen-bond acceptors (Lipinski definition) is 3. The zero-order valence-corrected chi connectivity index (χ0v) is 13.4. The molecule has 2 rings (SSSR count). The summed E-state index contributed by atoms with van der Waals surface area (Å²) in [6.07, 6.45) is 0.423. The minimum Gasteiger partial charge on any atom is -0.481 e. The minimum atomic E-state index is -0.812. The lowest BCUT2D eigenvalue weighted by Crippen LogP contribution is -2.30. The van der Waals surface area contributed by atoms with Gasteiger partial charge in [0.05, 0.1) is 5.92 Å². The first-order valence-electron chi connectivity index (χ1n) is 6.86. The van der Waals surface area contributed by atoms with Gasteiger partial charge in [-0.25, -0.2) is 0 Å². The second kappa shape index (κ2) is 7.18. The van der Waals surface area contributed by atoms with E-state index in [4.69, 9.17) is 16.7 Å². The molecule has 1 aromatic rings. The molecule has 1 aliphatic heterocycles. The molecule has 0 radical (unpaired) electrons. The van der Waals surface area contributed by atoms with E-state index >= 15 is 0 Å². The molecule has 1 aliphatic rings. The second-order valence-corrected chi connectivity index (χ2v) is 6.88. The van der Waals surface area contributed by atoms with Crippen LogP contribution in [-0.4, -0.2) is 40.7 Å². The Balaban J connectivity index is 1.77. The van der Waals surface area contributed by atoms with Crippen molar-refractivity contribution in [2.75, 3.05) is 18.8 Å². The zero-order valence-electron chi connectivity index (χ0n) is 11.8. The van der Waals surface area contributed by atoms with Crippen LogP contribution in [0.15, 0.2) is 29.2 Å². The SMILES string of the molecule is C[C@@H]1CN(C(=O)CCSc2ccc(Cl)cc2)C[C@H]1C(=O)O. The highest BCUT2D eigenvalue weighted by Gasteiger charge is 2.36. The van der Waals surface area contributed by atoms with E-state index in [1.807, 2.05) is 31.2 Å². The summed E-state index contributed by atoms with van der Waals surface area (Å²) >= 11 is 7.42. The normalized spacial score (nSPS) is 21.5. The molecule has 0 spiro atoms. The van der Waals surface area contributed by atoms with Crippen LogP contribution in [0.4, 0.5) is 0 Å². The molecule has 0 aromatic heterocycles. The van der Waals surface area contributed by atoms with Crippen molar-refractivity contribution in [3.63, 3.8) is 0 Å². The maximum absolute atomic E-state index is 12.1. The number of thioether (sulfide) groups is 1. The van der Waals surface area contributed by atoms with Gasteiger partial charge < -0.3 is 10.0 Å². The number of benzene rings is 1. The number of hydrogen-bond donors (Lipinski definition) is 1. The number of aliphatic carboxylic acids is 1. The maximum Gasteiger partial charge on any atom is 0.308 e. The van der Waals surface area contributed by atoms with Gasteiger partial charge >= 0.3 is 5.97 Å². The second-order valence-electron chi connectivity index (χ2n) is 5.27. The van der Waals surface area contributed by atoms with E-state index in [0.717, 1.165) is 4.90 Å². The standard InChI is InChI=1S/C15H18ClNO3S/c1-10-8-17(9-13(10)15(19)20)14(18)6-7-21-12-4-2-11(16)3-5-12/h2-5,10,13H,6-9H2,1H3,(H,19,20)/t10-,13-/m1/s1. The molecule has 21 heavy (non-hydrogen) atoms. The Kier molecular flexibility index (Phi) is 5.53. The highest BCUT2D eigenvalue weighted by atomic mass is 35.5. The molecule has 1 heterocycles. The third kappa shape index (κ3) is 4.38. The van der Waals surface area contributed by atoms with Gasteiger partial charge in [0.15, 0.2) is 0 Å². The predicted octanol–water partition coefficient (Wildman–Crippen LogP) is 3.00. The van der Waals surface area contributed by atoms with Crippen LogP contribution in [0.2, 0.25) is 5.02 Å². The average molecular weight is 328 g/mol. The van der Waals surface area contributed by atoms with Crippen LogP contribution in [0.1, 0.15) is 13.3 Å². The number of carbonyl (C=O) groups excluding carboxylic acids is 1. The van der Waals surface area contributed by atoms with Gasteiger partial charge in [0.25, 0.3) is 0 Å². The fourth-order valence-corrected chi connectivity index (χ4v) is 3.40. The molecular weight excluding hydrogens is 310 g/mol. The van der Waals surface area contributed by atoms with Crippen molar-refractivity contribution in [3.05, 3.63) is 29.3 Å². The summed E-state index contributed by atoms with van der Waals surface area (Å²) in [5.41, 5.74) is 0. The maximum atomic E-state index is 12.1. The number of carboxylic acids is 1. The molecule has 4 nitrogen and oxygen atoms in total. The number of carboxylic acid groups (broad SMARTS) is 1. The van der Waals surface area contributed by atoms with E-state index in [2.05, 4.69) is 0 Å². The number of nitrogens with zero attached hydrogens (tertiary/aromatic N) is 1. The van der Waals surface area contributed by atoms with Crippen molar-refractivity contribution in [1.82, 2.24) is 4.90 Å². The van der Waals surface area contributed by atoms with Gasteiger partial charge in [-0.2, -0.15) is 0 Å². The Morgan fingerprint density at radius 1 is 1.33 bits per heavy atom. The first-order valence-corrected chi connectivity index (χ1v) is 8.22. The molecule has 0 aliphatic carbocycles. The smallest absolute Gasteiger partial charge is 0.308 e. The van der Waals surface area contributed by atoms with Crippen LogP contribution >= 0.6 is 23.4 Å². The molecule has 1 amide bonds. The Morgan fingerprint density at radius 3 is 2.57 bits per heavy atom. The van der Waals surface area contributed by atoms with Gasteiger partial charge in [-0.3, -0.25) is 9.59 Å². The van der Waals surface area contributed by atoms with Gasteiger partial charge in [0, 0.05) is 35.2 Å². The summed E-state index contributed by atoms with van der Waals surface area (Å²) in [5.74, 6) is -0.503. The summed E-state index contributed by atoms with van der Waals surface area (Å²) in [4.78, 5) is 25.9. The van der Waals surface area contributed by atoms with E-state index in [1.165, 1.54) is 0 Å². The van der Waals surface area contributed by atoms with E-state index in [0.29, 0.717) is 30.3 Å². The lowest BCUT2D eigenvalue weighted by molar-refractivity contribution is -0.142. The van der Waals surface area contributed by atoms with Crippen LogP contribution < -0.4 is 0 Å². The molecule has 0 saturated carbocycles. The third-order valence-electron chi connectivity index (χ3n) is 3.68. The molecule has 6 heteroatoms. The summed E-state index contributed by atoms with van der Waals surface area (Å²) in [5, 5.41) is 9.77. The van der Waals surface area contributed by atoms with Crippen molar-refractivity contribution in [3.8, 4) is 0 Å². The zero-order chi connectivity index (χ0) is 15.4. The Morgan fingerprint density at radius 2 is 2.00 bits per heavy atom. The minimum absolute atomic E-state index is 0.0235. The summed E-state index contributed by atoms with van der Waals surface area (Å²) < 4.78 is 0. The number of rotatable bonds is 5. The van der Waals surface area contributed by atoms with E-state index in [1.54, 1.807) is 16.7 Å². The molecule has 1 saturated heterocycles. The van der Waals surface area contributed by atoms with Crippen LogP contribution in [0.3, 0.4) is 0 Å². The van der Waals surface area contributed by atoms with Gasteiger partial charge in [0.2, 0.25) is 5.91 Å². The molecule has 114 valence electrons. The van der Waals surface area contributed by atoms with E-state index in [9.17, 15) is 9.59 Å². The van der Waals surface area contributed by atoms with Gasteiger partial charge in [-0.05, 0) is 30.2 Å². The highest BCUT2D eigenvalue weighted by molar-refractivity contribution is 7.99. The van der Waals surface area contributed by atoms with Gasteiger partial charge in [-0.15, -0.1) is 11.8 Å². The Hall–Kier alpha value is -1.20. The van der Waals surface area contributed by atoms with Crippen LogP contribution in [0.5, 0.6) is 0 Å². The monoisotopic (exact) mass is 327 g/mol. The van der Waals surface area contributed by atoms with Crippen molar-refractivity contribution in [2.45, 2.75) is 18.2 Å². The average Bonchev–Trinajstić information content (AvgIpc) is 2.83. The molecular formula is C15H18ClNO3S. The molecule has 1 N–H and O–H groups in total. The summed E-state index contributed by atoms with van der Waals surface area (Å²) in [7, 11) is 0. The number of amides is 1. The third-order valence-corrected chi connectivity index (χ3v) is 4.95. The van der Waals surface area contributed by atoms with Crippen molar-refractivity contribution in [2.24, 2.45) is 11.8 Å². The first-order chi connectivity index (χ1) is 9.97. The Labute approximate surface area is 133 Å². The molecule has 0 unspecified atom stereocenters. The summed E-state index contributed by atoms with van der Waals surface area (Å²) in [6, 6.07) is 7.50. The highest BCUT2D eigenvalue weighted by Crippen LogP contribution is 2.25. The fraction of sp³-hybridized carbons (Fsp3) is 0.467. The van der Waals surface area contributed by atoms with Crippen LogP contribution in [-0.2, 0) is 9.59 Å². The Bertz CT molecular complexity index is 520. The van der Waals surface area contributed by atoms with Crippen molar-refractivity contribution in [1.29, 1.82) is 0 Å². The fourth-order valence-electron chi connectivity index (χ4n) is 2.44. The largest absolute Gasteiger partial charge is 0.481 e. The molecule has 2 atom stereocenters. The summed E-state index contributed by atoms with van der Waals surface area (Å²) in [6.45, 7) is 2.76. The van der Waals surface area contributed by atoms with Crippen LogP contribution in [0.25, 0.3) is 0 Å². The lowest BCUT2D eigenvalue weighted by Gasteiger charge is -2.15. The van der Waals surface area contributed by atoms with Crippen LogP contribution in [0, 0.1) is 11.8 Å². The molecule has 1 fully saturated rings. The van der Waals surface area contributed by atoms with Gasteiger partial charge in [0.1, 0.15) is 0 Å². The molecule has 1 aromatic carbocycles. The molecule has 0 bridgehead atoms. The van der Waals surface area contributed by atoms with Crippen molar-refractivity contribution < 1.29 is 14.7 Å². The first kappa shape index (κ1) is 16.2. The van der Waals surface area contributed by atoms with E-state index < -0.39 is 11.9 Å². The number of carbonyl (C=O) groups is 2. The van der Waals surface area contributed by atoms with Crippen molar-refractivity contribution >= 4 is 35.2 Å². The quantitative estimate of drug-likeness (QED) is 0.845.